The van der Waals surface area contributed by atoms with Gasteiger partial charge < -0.3 is 10.4 Å². The highest BCUT2D eigenvalue weighted by Crippen LogP contribution is 2.20. The van der Waals surface area contributed by atoms with Crippen LogP contribution in [0.25, 0.3) is 0 Å². The van der Waals surface area contributed by atoms with E-state index in [2.05, 4.69) is 26.1 Å². The average Bonchev–Trinajstić information content (AvgIpc) is 2.17. The molecule has 0 heterocycles. The molecular weight excluding hydrogens is 317 g/mol. The molecular formula is C12H16INO2. The van der Waals surface area contributed by atoms with E-state index in [4.69, 9.17) is 0 Å². The molecule has 1 aromatic carbocycles. The Labute approximate surface area is 109 Å². The third-order valence-corrected chi connectivity index (χ3v) is 2.90. The molecule has 0 aromatic heterocycles. The van der Waals surface area contributed by atoms with Crippen molar-refractivity contribution in [2.75, 3.05) is 6.54 Å². The minimum atomic E-state index is -0.151. The van der Waals surface area contributed by atoms with Gasteiger partial charge in [-0.25, -0.2) is 0 Å². The van der Waals surface area contributed by atoms with Crippen molar-refractivity contribution in [3.63, 3.8) is 0 Å². The summed E-state index contributed by atoms with van der Waals surface area (Å²) in [6.07, 6.45) is 0. The summed E-state index contributed by atoms with van der Waals surface area (Å²) < 4.78 is 0.741. The Hall–Kier alpha value is -0.780. The van der Waals surface area contributed by atoms with E-state index in [9.17, 15) is 9.90 Å². The maximum absolute atomic E-state index is 11.7. The van der Waals surface area contributed by atoms with Crippen LogP contribution in [0.2, 0.25) is 0 Å². The second-order valence-electron chi connectivity index (χ2n) is 4.91. The molecule has 0 radical (unpaired) electrons. The lowest BCUT2D eigenvalue weighted by Crippen LogP contribution is -2.32. The van der Waals surface area contributed by atoms with E-state index in [0.717, 1.165) is 3.57 Å². The molecule has 0 aliphatic rings. The van der Waals surface area contributed by atoms with Crippen molar-refractivity contribution in [2.45, 2.75) is 20.8 Å². The number of nitrogens with one attached hydrogen (secondary N) is 1. The molecule has 0 bridgehead atoms. The van der Waals surface area contributed by atoms with Crippen molar-refractivity contribution >= 4 is 28.5 Å². The SMILES string of the molecule is CC(C)(C)CNC(=O)c1ccc(I)c(O)c1. The maximum atomic E-state index is 11.7. The number of amides is 1. The van der Waals surface area contributed by atoms with Crippen molar-refractivity contribution in [3.8, 4) is 5.75 Å². The van der Waals surface area contributed by atoms with E-state index >= 15 is 0 Å². The number of carbonyl (C=O) groups is 1. The number of halogens is 1. The molecule has 2 N–H and O–H groups in total. The predicted molar refractivity (Wildman–Crippen MR) is 72.6 cm³/mol. The van der Waals surface area contributed by atoms with Gasteiger partial charge in [-0.3, -0.25) is 4.79 Å². The Morgan fingerprint density at radius 3 is 2.56 bits per heavy atom. The van der Waals surface area contributed by atoms with Gasteiger partial charge in [-0.15, -0.1) is 0 Å². The second-order valence-corrected chi connectivity index (χ2v) is 6.07. The third kappa shape index (κ3) is 4.00. The van der Waals surface area contributed by atoms with Crippen LogP contribution < -0.4 is 5.32 Å². The Morgan fingerprint density at radius 1 is 1.44 bits per heavy atom. The van der Waals surface area contributed by atoms with Crippen molar-refractivity contribution in [1.82, 2.24) is 5.32 Å². The van der Waals surface area contributed by atoms with Gasteiger partial charge in [-0.05, 0) is 46.2 Å². The van der Waals surface area contributed by atoms with Crippen molar-refractivity contribution in [3.05, 3.63) is 27.3 Å². The Morgan fingerprint density at radius 2 is 2.06 bits per heavy atom. The number of benzene rings is 1. The summed E-state index contributed by atoms with van der Waals surface area (Å²) in [5.74, 6) is -0.00867. The molecule has 0 saturated carbocycles. The predicted octanol–water partition coefficient (Wildman–Crippen LogP) is 2.77. The zero-order valence-electron chi connectivity index (χ0n) is 9.67. The highest BCUT2D eigenvalue weighted by molar-refractivity contribution is 14.1. The summed E-state index contributed by atoms with van der Waals surface area (Å²) in [6, 6.07) is 4.92. The summed E-state index contributed by atoms with van der Waals surface area (Å²) in [7, 11) is 0. The molecule has 4 heteroatoms. The van der Waals surface area contributed by atoms with E-state index in [1.807, 2.05) is 22.6 Å². The number of carbonyl (C=O) groups excluding carboxylic acids is 1. The quantitative estimate of drug-likeness (QED) is 0.818. The van der Waals surface area contributed by atoms with Crippen LogP contribution in [0, 0.1) is 8.99 Å². The number of phenols is 1. The van der Waals surface area contributed by atoms with Gasteiger partial charge in [0.25, 0.3) is 5.91 Å². The zero-order valence-corrected chi connectivity index (χ0v) is 11.8. The molecule has 3 nitrogen and oxygen atoms in total. The minimum Gasteiger partial charge on any atom is -0.507 e. The molecule has 0 atom stereocenters. The number of hydrogen-bond donors (Lipinski definition) is 2. The fraction of sp³-hybridized carbons (Fsp3) is 0.417. The molecule has 1 aromatic rings. The van der Waals surface area contributed by atoms with Crippen LogP contribution in [0.5, 0.6) is 5.75 Å². The lowest BCUT2D eigenvalue weighted by Gasteiger charge is -2.18. The number of aromatic hydroxyl groups is 1. The topological polar surface area (TPSA) is 49.3 Å². The minimum absolute atomic E-state index is 0.0565. The molecule has 0 unspecified atom stereocenters. The standard InChI is InChI=1S/C12H16INO2/c1-12(2,3)7-14-11(16)8-4-5-9(13)10(15)6-8/h4-6,15H,7H2,1-3H3,(H,14,16). The van der Waals surface area contributed by atoms with Crippen LogP contribution in [-0.4, -0.2) is 17.6 Å². The molecule has 0 saturated heterocycles. The van der Waals surface area contributed by atoms with Crippen LogP contribution in [-0.2, 0) is 0 Å². The number of rotatable bonds is 2. The highest BCUT2D eigenvalue weighted by Gasteiger charge is 2.13. The first-order chi connectivity index (χ1) is 7.29. The normalized spacial score (nSPS) is 11.2. The Kier molecular flexibility index (Phi) is 4.18. The largest absolute Gasteiger partial charge is 0.507 e. The number of hydrogen-bond acceptors (Lipinski definition) is 2. The van der Waals surface area contributed by atoms with Gasteiger partial charge in [0.15, 0.2) is 0 Å². The second kappa shape index (κ2) is 5.03. The van der Waals surface area contributed by atoms with Gasteiger partial charge in [0, 0.05) is 12.1 Å². The first-order valence-corrected chi connectivity index (χ1v) is 6.14. The van der Waals surface area contributed by atoms with Gasteiger partial charge in [0.2, 0.25) is 0 Å². The molecule has 1 amide bonds. The number of phenolic OH excluding ortho intramolecular Hbond substituents is 1. The van der Waals surface area contributed by atoms with Gasteiger partial charge in [0.05, 0.1) is 3.57 Å². The zero-order chi connectivity index (χ0) is 12.3. The van der Waals surface area contributed by atoms with E-state index < -0.39 is 0 Å². The van der Waals surface area contributed by atoms with E-state index in [0.29, 0.717) is 12.1 Å². The highest BCUT2D eigenvalue weighted by atomic mass is 127. The van der Waals surface area contributed by atoms with Crippen LogP contribution in [0.1, 0.15) is 31.1 Å². The summed E-state index contributed by atoms with van der Waals surface area (Å²) in [5, 5.41) is 12.3. The summed E-state index contributed by atoms with van der Waals surface area (Å²) in [6.45, 7) is 6.77. The average molecular weight is 333 g/mol. The van der Waals surface area contributed by atoms with Gasteiger partial charge in [0.1, 0.15) is 5.75 Å². The Bertz CT molecular complexity index is 396. The first kappa shape index (κ1) is 13.3. The molecule has 0 spiro atoms. The van der Waals surface area contributed by atoms with Crippen LogP contribution >= 0.6 is 22.6 Å². The maximum Gasteiger partial charge on any atom is 0.251 e. The summed E-state index contributed by atoms with van der Waals surface area (Å²) in [4.78, 5) is 11.7. The monoisotopic (exact) mass is 333 g/mol. The van der Waals surface area contributed by atoms with Crippen LogP contribution in [0.15, 0.2) is 18.2 Å². The fourth-order valence-corrected chi connectivity index (χ4v) is 1.44. The van der Waals surface area contributed by atoms with Gasteiger partial charge >= 0.3 is 0 Å². The van der Waals surface area contributed by atoms with Crippen LogP contribution in [0.4, 0.5) is 0 Å². The van der Waals surface area contributed by atoms with Gasteiger partial charge in [-0.2, -0.15) is 0 Å². The van der Waals surface area contributed by atoms with Crippen molar-refractivity contribution < 1.29 is 9.90 Å². The third-order valence-electron chi connectivity index (χ3n) is 1.99. The first-order valence-electron chi connectivity index (χ1n) is 5.06. The molecule has 16 heavy (non-hydrogen) atoms. The fourth-order valence-electron chi connectivity index (χ4n) is 1.10. The van der Waals surface area contributed by atoms with E-state index in [1.165, 1.54) is 6.07 Å². The molecule has 88 valence electrons. The van der Waals surface area contributed by atoms with Crippen molar-refractivity contribution in [2.24, 2.45) is 5.41 Å². The lowest BCUT2D eigenvalue weighted by molar-refractivity contribution is 0.0939. The Balaban J connectivity index is 2.70. The van der Waals surface area contributed by atoms with Gasteiger partial charge in [-0.1, -0.05) is 20.8 Å². The van der Waals surface area contributed by atoms with E-state index in [1.54, 1.807) is 12.1 Å². The smallest absolute Gasteiger partial charge is 0.251 e. The molecule has 0 fully saturated rings. The van der Waals surface area contributed by atoms with Crippen molar-refractivity contribution in [1.29, 1.82) is 0 Å². The molecule has 1 rings (SSSR count). The summed E-state index contributed by atoms with van der Waals surface area (Å²) in [5.41, 5.74) is 0.545. The molecule has 0 aliphatic heterocycles. The molecule has 0 aliphatic carbocycles. The summed E-state index contributed by atoms with van der Waals surface area (Å²) >= 11 is 2.02. The van der Waals surface area contributed by atoms with Crippen LogP contribution in [0.3, 0.4) is 0 Å². The lowest BCUT2D eigenvalue weighted by atomic mass is 9.97. The van der Waals surface area contributed by atoms with E-state index in [-0.39, 0.29) is 17.1 Å².